The highest BCUT2D eigenvalue weighted by atomic mass is 19.4. The summed E-state index contributed by atoms with van der Waals surface area (Å²) in [4.78, 5) is 1.60. The molecular weight excluding hydrogens is 197 g/mol. The Kier molecular flexibility index (Phi) is 3.39. The Morgan fingerprint density at radius 3 is 2.50 bits per heavy atom. The van der Waals surface area contributed by atoms with Crippen molar-refractivity contribution in [3.63, 3.8) is 0 Å². The summed E-state index contributed by atoms with van der Waals surface area (Å²) in [7, 11) is 0. The first kappa shape index (κ1) is 11.7. The molecule has 0 aromatic heterocycles. The van der Waals surface area contributed by atoms with Gasteiger partial charge in [-0.05, 0) is 25.9 Å². The predicted octanol–water partition coefficient (Wildman–Crippen LogP) is 0.334. The quantitative estimate of drug-likeness (QED) is 0.709. The zero-order valence-electron chi connectivity index (χ0n) is 7.85. The van der Waals surface area contributed by atoms with E-state index in [-0.39, 0.29) is 19.5 Å². The molecule has 14 heavy (non-hydrogen) atoms. The van der Waals surface area contributed by atoms with Crippen molar-refractivity contribution in [3.05, 3.63) is 0 Å². The van der Waals surface area contributed by atoms with Gasteiger partial charge in [0.05, 0.1) is 0 Å². The van der Waals surface area contributed by atoms with E-state index in [0.717, 1.165) is 0 Å². The highest BCUT2D eigenvalue weighted by Crippen LogP contribution is 2.37. The number of nitrogens with zero attached hydrogens (tertiary/aromatic N) is 1. The van der Waals surface area contributed by atoms with Crippen LogP contribution in [0.25, 0.3) is 0 Å². The normalized spacial score (nSPS) is 29.8. The second kappa shape index (κ2) is 4.04. The molecule has 1 unspecified atom stereocenters. The summed E-state index contributed by atoms with van der Waals surface area (Å²) < 4.78 is 37.0. The zero-order valence-corrected chi connectivity index (χ0v) is 7.85. The molecule has 1 rings (SSSR count). The van der Waals surface area contributed by atoms with Crippen LogP contribution in [-0.2, 0) is 0 Å². The number of halogens is 3. The van der Waals surface area contributed by atoms with Gasteiger partial charge in [-0.3, -0.25) is 4.90 Å². The van der Waals surface area contributed by atoms with E-state index in [4.69, 9.17) is 5.73 Å². The number of likely N-dealkylation sites (tertiary alicyclic amines) is 1. The summed E-state index contributed by atoms with van der Waals surface area (Å²) in [6.45, 7) is 0.947. The third-order valence-electron chi connectivity index (χ3n) is 2.53. The minimum absolute atomic E-state index is 0.235. The molecule has 1 heterocycles. The third-order valence-corrected chi connectivity index (χ3v) is 2.53. The Morgan fingerprint density at radius 2 is 2.07 bits per heavy atom. The molecule has 0 aliphatic carbocycles. The maximum absolute atomic E-state index is 12.3. The van der Waals surface area contributed by atoms with Crippen molar-refractivity contribution >= 4 is 0 Å². The molecule has 0 aromatic carbocycles. The second-order valence-corrected chi connectivity index (χ2v) is 3.70. The molecule has 3 nitrogen and oxygen atoms in total. The van der Waals surface area contributed by atoms with Gasteiger partial charge in [0.15, 0.2) is 5.60 Å². The summed E-state index contributed by atoms with van der Waals surface area (Å²) in [5.41, 5.74) is 2.74. The Labute approximate surface area is 80.7 Å². The summed E-state index contributed by atoms with van der Waals surface area (Å²) in [6, 6.07) is 0. The van der Waals surface area contributed by atoms with Crippen LogP contribution < -0.4 is 5.73 Å². The van der Waals surface area contributed by atoms with E-state index in [1.807, 2.05) is 0 Å². The fraction of sp³-hybridized carbons (Fsp3) is 1.00. The molecule has 0 aromatic rings. The van der Waals surface area contributed by atoms with Gasteiger partial charge in [-0.2, -0.15) is 13.2 Å². The molecule has 1 saturated heterocycles. The van der Waals surface area contributed by atoms with E-state index in [9.17, 15) is 18.3 Å². The van der Waals surface area contributed by atoms with Crippen LogP contribution in [-0.4, -0.2) is 48.0 Å². The standard InChI is InChI=1S/C8H15F3N2O/c9-8(10,11)7(14)2-5-13(6-7)4-1-3-12/h14H,1-6,12H2. The second-order valence-electron chi connectivity index (χ2n) is 3.70. The van der Waals surface area contributed by atoms with E-state index in [1.165, 1.54) is 0 Å². The van der Waals surface area contributed by atoms with Gasteiger partial charge in [0.2, 0.25) is 0 Å². The predicted molar refractivity (Wildman–Crippen MR) is 45.7 cm³/mol. The Balaban J connectivity index is 2.47. The fourth-order valence-corrected chi connectivity index (χ4v) is 1.61. The fourth-order valence-electron chi connectivity index (χ4n) is 1.61. The van der Waals surface area contributed by atoms with Crippen molar-refractivity contribution in [2.24, 2.45) is 5.73 Å². The summed E-state index contributed by atoms with van der Waals surface area (Å²) in [5.74, 6) is 0. The molecule has 0 amide bonds. The number of hydrogen-bond donors (Lipinski definition) is 2. The van der Waals surface area contributed by atoms with Gasteiger partial charge in [-0.1, -0.05) is 0 Å². The lowest BCUT2D eigenvalue weighted by Crippen LogP contribution is -2.47. The lowest BCUT2D eigenvalue weighted by atomic mass is 10.0. The molecule has 0 spiro atoms. The number of β-amino-alcohol motifs (C(OH)–C–C–N with tert-alkyl or cyclic N) is 1. The monoisotopic (exact) mass is 212 g/mol. The largest absolute Gasteiger partial charge is 0.418 e. The topological polar surface area (TPSA) is 49.5 Å². The Bertz CT molecular complexity index is 198. The minimum Gasteiger partial charge on any atom is -0.379 e. The average Bonchev–Trinajstić information content (AvgIpc) is 2.44. The SMILES string of the molecule is NCCCN1CCC(O)(C(F)(F)F)C1. The van der Waals surface area contributed by atoms with E-state index < -0.39 is 11.8 Å². The maximum Gasteiger partial charge on any atom is 0.418 e. The first-order valence-electron chi connectivity index (χ1n) is 4.60. The average molecular weight is 212 g/mol. The molecule has 0 saturated carbocycles. The van der Waals surface area contributed by atoms with E-state index in [1.54, 1.807) is 4.90 Å². The number of hydrogen-bond acceptors (Lipinski definition) is 3. The van der Waals surface area contributed by atoms with Gasteiger partial charge < -0.3 is 10.8 Å². The van der Waals surface area contributed by atoms with Crippen LogP contribution in [0.5, 0.6) is 0 Å². The van der Waals surface area contributed by atoms with Gasteiger partial charge in [0, 0.05) is 13.1 Å². The van der Waals surface area contributed by atoms with Crippen LogP contribution in [0.4, 0.5) is 13.2 Å². The molecule has 84 valence electrons. The molecule has 6 heteroatoms. The number of rotatable bonds is 3. The summed E-state index contributed by atoms with van der Waals surface area (Å²) in [6.07, 6.45) is -4.10. The Morgan fingerprint density at radius 1 is 1.43 bits per heavy atom. The Hall–Kier alpha value is -0.330. The van der Waals surface area contributed by atoms with Crippen LogP contribution in [0.3, 0.4) is 0 Å². The van der Waals surface area contributed by atoms with Gasteiger partial charge in [0.1, 0.15) is 0 Å². The van der Waals surface area contributed by atoms with Crippen molar-refractivity contribution in [1.29, 1.82) is 0 Å². The van der Waals surface area contributed by atoms with Crippen LogP contribution >= 0.6 is 0 Å². The molecule has 0 bridgehead atoms. The van der Waals surface area contributed by atoms with Crippen molar-refractivity contribution < 1.29 is 18.3 Å². The smallest absolute Gasteiger partial charge is 0.379 e. The van der Waals surface area contributed by atoms with Gasteiger partial charge in [-0.25, -0.2) is 0 Å². The van der Waals surface area contributed by atoms with E-state index in [0.29, 0.717) is 19.5 Å². The van der Waals surface area contributed by atoms with Crippen LogP contribution in [0.1, 0.15) is 12.8 Å². The highest BCUT2D eigenvalue weighted by molar-refractivity contribution is 4.95. The van der Waals surface area contributed by atoms with Crippen molar-refractivity contribution in [2.45, 2.75) is 24.6 Å². The number of nitrogens with two attached hydrogens (primary N) is 1. The van der Waals surface area contributed by atoms with Crippen LogP contribution in [0.15, 0.2) is 0 Å². The van der Waals surface area contributed by atoms with E-state index >= 15 is 0 Å². The first-order chi connectivity index (χ1) is 6.39. The van der Waals surface area contributed by atoms with Gasteiger partial charge in [0.25, 0.3) is 0 Å². The molecular formula is C8H15F3N2O. The van der Waals surface area contributed by atoms with Gasteiger partial charge in [-0.15, -0.1) is 0 Å². The third kappa shape index (κ3) is 2.37. The summed E-state index contributed by atoms with van der Waals surface area (Å²) >= 11 is 0. The lowest BCUT2D eigenvalue weighted by Gasteiger charge is -2.25. The van der Waals surface area contributed by atoms with Crippen LogP contribution in [0.2, 0.25) is 0 Å². The number of aliphatic hydroxyl groups is 1. The molecule has 3 N–H and O–H groups in total. The minimum atomic E-state index is -4.52. The van der Waals surface area contributed by atoms with Crippen molar-refractivity contribution in [2.75, 3.05) is 26.2 Å². The molecule has 0 radical (unpaired) electrons. The molecule has 1 aliphatic rings. The first-order valence-corrected chi connectivity index (χ1v) is 4.60. The van der Waals surface area contributed by atoms with Crippen LogP contribution in [0, 0.1) is 0 Å². The maximum atomic E-state index is 12.3. The molecule has 1 aliphatic heterocycles. The van der Waals surface area contributed by atoms with Gasteiger partial charge >= 0.3 is 6.18 Å². The van der Waals surface area contributed by atoms with Crippen molar-refractivity contribution in [3.8, 4) is 0 Å². The number of alkyl halides is 3. The highest BCUT2D eigenvalue weighted by Gasteiger charge is 2.56. The summed E-state index contributed by atoms with van der Waals surface area (Å²) in [5, 5.41) is 9.30. The molecule has 1 atom stereocenters. The lowest BCUT2D eigenvalue weighted by molar-refractivity contribution is -0.253. The van der Waals surface area contributed by atoms with Crippen molar-refractivity contribution in [1.82, 2.24) is 4.90 Å². The van der Waals surface area contributed by atoms with E-state index in [2.05, 4.69) is 0 Å². The molecule has 1 fully saturated rings. The zero-order chi connectivity index (χ0) is 10.8.